The highest BCUT2D eigenvalue weighted by molar-refractivity contribution is 4.96. The van der Waals surface area contributed by atoms with E-state index in [4.69, 9.17) is 0 Å². The monoisotopic (exact) mass is 306 g/mol. The van der Waals surface area contributed by atoms with Crippen LogP contribution < -0.4 is 0 Å². The average Bonchev–Trinajstić information content (AvgIpc) is 3.20. The Morgan fingerprint density at radius 1 is 1.09 bits per heavy atom. The standard InChI is InChI=1S/C16H30N6/c1-4-15(16-17-18-19-22(16)13(2)3)21-11-9-20(10-12-21)14-7-5-6-8-14/h13-15H,4-12H2,1-3H3/t15-/m1/s1. The van der Waals surface area contributed by atoms with Crippen molar-refractivity contribution in [3.8, 4) is 0 Å². The van der Waals surface area contributed by atoms with Crippen LogP contribution in [0.5, 0.6) is 0 Å². The summed E-state index contributed by atoms with van der Waals surface area (Å²) in [6.45, 7) is 11.2. The van der Waals surface area contributed by atoms with Crippen LogP contribution in [0.25, 0.3) is 0 Å². The van der Waals surface area contributed by atoms with Crippen molar-refractivity contribution in [2.24, 2.45) is 0 Å². The molecule has 1 aromatic heterocycles. The fourth-order valence-electron chi connectivity index (χ4n) is 4.08. The third-order valence-corrected chi connectivity index (χ3v) is 5.32. The van der Waals surface area contributed by atoms with E-state index in [1.807, 2.05) is 4.68 Å². The van der Waals surface area contributed by atoms with Gasteiger partial charge in [0, 0.05) is 32.2 Å². The molecule has 1 aliphatic carbocycles. The Morgan fingerprint density at radius 2 is 1.77 bits per heavy atom. The molecule has 22 heavy (non-hydrogen) atoms. The van der Waals surface area contributed by atoms with Gasteiger partial charge in [-0.1, -0.05) is 19.8 Å². The number of piperazine rings is 1. The molecule has 6 nitrogen and oxygen atoms in total. The van der Waals surface area contributed by atoms with E-state index in [0.717, 1.165) is 31.4 Å². The topological polar surface area (TPSA) is 50.1 Å². The van der Waals surface area contributed by atoms with Gasteiger partial charge in [0.2, 0.25) is 0 Å². The zero-order valence-corrected chi connectivity index (χ0v) is 14.3. The predicted octanol–water partition coefficient (Wildman–Crippen LogP) is 2.27. The minimum absolute atomic E-state index is 0.318. The molecule has 1 atom stereocenters. The maximum absolute atomic E-state index is 4.33. The van der Waals surface area contributed by atoms with Gasteiger partial charge in [0.25, 0.3) is 0 Å². The van der Waals surface area contributed by atoms with E-state index in [-0.39, 0.29) is 0 Å². The van der Waals surface area contributed by atoms with E-state index in [1.165, 1.54) is 38.8 Å². The second kappa shape index (κ2) is 7.04. The average molecular weight is 306 g/mol. The van der Waals surface area contributed by atoms with Crippen molar-refractivity contribution >= 4 is 0 Å². The van der Waals surface area contributed by atoms with Crippen LogP contribution in [-0.4, -0.2) is 62.2 Å². The van der Waals surface area contributed by atoms with Crippen molar-refractivity contribution in [3.63, 3.8) is 0 Å². The Morgan fingerprint density at radius 3 is 2.36 bits per heavy atom. The lowest BCUT2D eigenvalue weighted by atomic mass is 10.1. The number of nitrogens with zero attached hydrogens (tertiary/aromatic N) is 6. The van der Waals surface area contributed by atoms with Crippen LogP contribution in [0.4, 0.5) is 0 Å². The first kappa shape index (κ1) is 15.9. The Balaban J connectivity index is 1.64. The number of tetrazole rings is 1. The van der Waals surface area contributed by atoms with Gasteiger partial charge in [-0.05, 0) is 43.5 Å². The van der Waals surface area contributed by atoms with Gasteiger partial charge in [-0.2, -0.15) is 0 Å². The smallest absolute Gasteiger partial charge is 0.168 e. The minimum Gasteiger partial charge on any atom is -0.298 e. The fraction of sp³-hybridized carbons (Fsp3) is 0.938. The molecular weight excluding hydrogens is 276 g/mol. The first-order valence-electron chi connectivity index (χ1n) is 8.96. The van der Waals surface area contributed by atoms with Crippen LogP contribution in [0.15, 0.2) is 0 Å². The maximum atomic E-state index is 4.33. The molecule has 0 spiro atoms. The van der Waals surface area contributed by atoms with Gasteiger partial charge in [-0.3, -0.25) is 9.80 Å². The van der Waals surface area contributed by atoms with Gasteiger partial charge in [0.1, 0.15) is 0 Å². The molecule has 0 unspecified atom stereocenters. The van der Waals surface area contributed by atoms with Crippen LogP contribution in [0.1, 0.15) is 70.8 Å². The Labute approximate surface area is 133 Å². The molecule has 3 rings (SSSR count). The molecule has 6 heteroatoms. The summed E-state index contributed by atoms with van der Waals surface area (Å²) < 4.78 is 1.98. The van der Waals surface area contributed by atoms with Crippen LogP contribution in [0, 0.1) is 0 Å². The largest absolute Gasteiger partial charge is 0.298 e. The SMILES string of the molecule is CC[C@H](c1nnnn1C(C)C)N1CCN(C2CCCC2)CC1. The van der Waals surface area contributed by atoms with E-state index in [2.05, 4.69) is 46.1 Å². The zero-order valence-electron chi connectivity index (χ0n) is 14.3. The van der Waals surface area contributed by atoms with Gasteiger partial charge in [-0.15, -0.1) is 5.10 Å². The predicted molar refractivity (Wildman–Crippen MR) is 86.6 cm³/mol. The van der Waals surface area contributed by atoms with Crippen LogP contribution in [-0.2, 0) is 0 Å². The number of aromatic nitrogens is 4. The van der Waals surface area contributed by atoms with E-state index in [0.29, 0.717) is 12.1 Å². The summed E-state index contributed by atoms with van der Waals surface area (Å²) in [5, 5.41) is 12.4. The molecule has 1 aliphatic heterocycles. The zero-order chi connectivity index (χ0) is 15.5. The number of hydrogen-bond donors (Lipinski definition) is 0. The van der Waals surface area contributed by atoms with Crippen LogP contribution in [0.3, 0.4) is 0 Å². The van der Waals surface area contributed by atoms with Crippen molar-refractivity contribution in [2.45, 2.75) is 71.0 Å². The summed E-state index contributed by atoms with van der Waals surface area (Å²) >= 11 is 0. The normalized spacial score (nSPS) is 23.5. The Hall–Kier alpha value is -1.01. The maximum Gasteiger partial charge on any atom is 0.168 e. The van der Waals surface area contributed by atoms with Crippen molar-refractivity contribution in [1.29, 1.82) is 0 Å². The molecule has 0 aromatic carbocycles. The number of hydrogen-bond acceptors (Lipinski definition) is 5. The third kappa shape index (κ3) is 3.18. The van der Waals surface area contributed by atoms with Crippen molar-refractivity contribution < 1.29 is 0 Å². The lowest BCUT2D eigenvalue weighted by Crippen LogP contribution is -2.50. The molecule has 0 amide bonds. The lowest BCUT2D eigenvalue weighted by molar-refractivity contribution is 0.0640. The van der Waals surface area contributed by atoms with Crippen LogP contribution >= 0.6 is 0 Å². The van der Waals surface area contributed by atoms with Gasteiger partial charge < -0.3 is 0 Å². The van der Waals surface area contributed by atoms with E-state index in [1.54, 1.807) is 0 Å². The van der Waals surface area contributed by atoms with Gasteiger partial charge >= 0.3 is 0 Å². The summed E-state index contributed by atoms with van der Waals surface area (Å²) in [6, 6.07) is 1.52. The molecular formula is C16H30N6. The molecule has 0 radical (unpaired) electrons. The lowest BCUT2D eigenvalue weighted by Gasteiger charge is -2.41. The first-order chi connectivity index (χ1) is 10.7. The van der Waals surface area contributed by atoms with Crippen LogP contribution in [0.2, 0.25) is 0 Å². The molecule has 1 saturated carbocycles. The highest BCUT2D eigenvalue weighted by atomic mass is 15.6. The van der Waals surface area contributed by atoms with Gasteiger partial charge in [0.05, 0.1) is 12.1 Å². The summed E-state index contributed by atoms with van der Waals surface area (Å²) in [5.74, 6) is 1.03. The first-order valence-corrected chi connectivity index (χ1v) is 8.96. The second-order valence-electron chi connectivity index (χ2n) is 7.01. The van der Waals surface area contributed by atoms with E-state index >= 15 is 0 Å². The summed E-state index contributed by atoms with van der Waals surface area (Å²) in [6.07, 6.45) is 6.72. The molecule has 1 saturated heterocycles. The molecule has 2 aliphatic rings. The van der Waals surface area contributed by atoms with Gasteiger partial charge in [0.15, 0.2) is 5.82 Å². The molecule has 0 bridgehead atoms. The molecule has 2 heterocycles. The summed E-state index contributed by atoms with van der Waals surface area (Å²) in [5.41, 5.74) is 0. The fourth-order valence-corrected chi connectivity index (χ4v) is 4.08. The Bertz CT molecular complexity index is 457. The van der Waals surface area contributed by atoms with Crippen molar-refractivity contribution in [1.82, 2.24) is 30.0 Å². The summed E-state index contributed by atoms with van der Waals surface area (Å²) in [7, 11) is 0. The molecule has 124 valence electrons. The highest BCUT2D eigenvalue weighted by Gasteiger charge is 2.31. The third-order valence-electron chi connectivity index (χ3n) is 5.32. The van der Waals surface area contributed by atoms with Crippen molar-refractivity contribution in [3.05, 3.63) is 5.82 Å². The van der Waals surface area contributed by atoms with E-state index < -0.39 is 0 Å². The minimum atomic E-state index is 0.318. The number of rotatable bonds is 5. The highest BCUT2D eigenvalue weighted by Crippen LogP contribution is 2.28. The van der Waals surface area contributed by atoms with E-state index in [9.17, 15) is 0 Å². The Kier molecular flexibility index (Phi) is 5.08. The second-order valence-corrected chi connectivity index (χ2v) is 7.01. The van der Waals surface area contributed by atoms with Crippen molar-refractivity contribution in [2.75, 3.05) is 26.2 Å². The molecule has 0 N–H and O–H groups in total. The van der Waals surface area contributed by atoms with Gasteiger partial charge in [-0.25, -0.2) is 4.68 Å². The molecule has 1 aromatic rings. The summed E-state index contributed by atoms with van der Waals surface area (Å²) in [4.78, 5) is 5.29. The molecule has 2 fully saturated rings. The quantitative estimate of drug-likeness (QED) is 0.835.